The summed E-state index contributed by atoms with van der Waals surface area (Å²) in [6, 6.07) is 4.64. The van der Waals surface area contributed by atoms with Gasteiger partial charge in [0.05, 0.1) is 22.5 Å². The molecule has 4 heterocycles. The number of oxime groups is 1. The molecule has 0 radical (unpaired) electrons. The second-order valence-electron chi connectivity index (χ2n) is 8.35. The normalized spacial score (nSPS) is 24.6. The molecule has 3 aliphatic rings. The van der Waals surface area contributed by atoms with Crippen molar-refractivity contribution in [2.24, 2.45) is 11.1 Å². The van der Waals surface area contributed by atoms with Crippen LogP contribution in [0.15, 0.2) is 23.4 Å². The molecule has 0 bridgehead atoms. The van der Waals surface area contributed by atoms with Crippen LogP contribution < -0.4 is 4.90 Å². The Balaban J connectivity index is 1.38. The van der Waals surface area contributed by atoms with Gasteiger partial charge >= 0.3 is 0 Å². The Bertz CT molecular complexity index is 1050. The zero-order valence-corrected chi connectivity index (χ0v) is 18.1. The zero-order chi connectivity index (χ0) is 21.7. The molecule has 2 aromatic rings. The highest BCUT2D eigenvalue weighted by molar-refractivity contribution is 6.31. The molecule has 0 N–H and O–H groups in total. The molecule has 5 rings (SSSR count). The van der Waals surface area contributed by atoms with Gasteiger partial charge in [0.1, 0.15) is 5.82 Å². The number of hydrogen-bond donors (Lipinski definition) is 0. The van der Waals surface area contributed by atoms with Crippen molar-refractivity contribution >= 4 is 29.7 Å². The van der Waals surface area contributed by atoms with Crippen LogP contribution in [0.2, 0.25) is 5.02 Å². The lowest BCUT2D eigenvalue weighted by Gasteiger charge is -2.53. The van der Waals surface area contributed by atoms with E-state index >= 15 is 0 Å². The SMILES string of the molecule is Cc1nc(N2CC[C@@H]3CN(C(=O)c4cccc(F)c4C4CC=NO4)[C@@H]3C2)nc(C)c1Cl. The Labute approximate surface area is 184 Å². The van der Waals surface area contributed by atoms with Crippen LogP contribution in [-0.4, -0.2) is 52.7 Å². The molecule has 3 aliphatic heterocycles. The summed E-state index contributed by atoms with van der Waals surface area (Å²) in [5.74, 6) is 0.458. The van der Waals surface area contributed by atoms with Crippen molar-refractivity contribution in [1.82, 2.24) is 14.9 Å². The molecule has 31 heavy (non-hydrogen) atoms. The predicted molar refractivity (Wildman–Crippen MR) is 115 cm³/mol. The van der Waals surface area contributed by atoms with Gasteiger partial charge in [-0.2, -0.15) is 0 Å². The number of likely N-dealkylation sites (tertiary alicyclic amines) is 1. The van der Waals surface area contributed by atoms with Crippen LogP contribution in [0.25, 0.3) is 0 Å². The number of fused-ring (bicyclic) bond motifs is 1. The van der Waals surface area contributed by atoms with Gasteiger partial charge in [0.2, 0.25) is 5.95 Å². The van der Waals surface area contributed by atoms with Crippen molar-refractivity contribution in [3.63, 3.8) is 0 Å². The number of rotatable bonds is 3. The van der Waals surface area contributed by atoms with E-state index in [0.29, 0.717) is 42.0 Å². The van der Waals surface area contributed by atoms with Crippen LogP contribution >= 0.6 is 11.6 Å². The van der Waals surface area contributed by atoms with Crippen molar-refractivity contribution in [2.75, 3.05) is 24.5 Å². The van der Waals surface area contributed by atoms with E-state index in [0.717, 1.165) is 24.4 Å². The molecule has 7 nitrogen and oxygen atoms in total. The second-order valence-corrected chi connectivity index (χ2v) is 8.72. The summed E-state index contributed by atoms with van der Waals surface area (Å²) in [6.07, 6.45) is 2.44. The first kappa shape index (κ1) is 20.2. The summed E-state index contributed by atoms with van der Waals surface area (Å²) < 4.78 is 14.6. The topological polar surface area (TPSA) is 70.9 Å². The maximum atomic E-state index is 14.6. The smallest absolute Gasteiger partial charge is 0.254 e. The largest absolute Gasteiger partial charge is 0.387 e. The summed E-state index contributed by atoms with van der Waals surface area (Å²) in [5.41, 5.74) is 2.13. The highest BCUT2D eigenvalue weighted by atomic mass is 35.5. The Morgan fingerprint density at radius 3 is 2.71 bits per heavy atom. The Morgan fingerprint density at radius 1 is 1.23 bits per heavy atom. The van der Waals surface area contributed by atoms with Crippen molar-refractivity contribution in [2.45, 2.75) is 38.8 Å². The summed E-state index contributed by atoms with van der Waals surface area (Å²) in [5, 5.41) is 4.32. The van der Waals surface area contributed by atoms with E-state index in [1.165, 1.54) is 6.07 Å². The third-order valence-electron chi connectivity index (χ3n) is 6.45. The molecular weight excluding hydrogens is 421 g/mol. The van der Waals surface area contributed by atoms with Crippen molar-refractivity contribution < 1.29 is 14.0 Å². The fraction of sp³-hybridized carbons (Fsp3) is 0.455. The molecule has 2 fully saturated rings. The van der Waals surface area contributed by atoms with Gasteiger partial charge in [0.25, 0.3) is 5.91 Å². The lowest BCUT2D eigenvalue weighted by atomic mass is 9.81. The molecule has 0 aliphatic carbocycles. The molecule has 162 valence electrons. The highest BCUT2D eigenvalue weighted by Gasteiger charge is 2.46. The second kappa shape index (κ2) is 7.75. The number of carbonyl (C=O) groups excluding carboxylic acids is 1. The third-order valence-corrected chi connectivity index (χ3v) is 7.00. The van der Waals surface area contributed by atoms with E-state index in [4.69, 9.17) is 16.4 Å². The first-order valence-electron chi connectivity index (χ1n) is 10.5. The minimum atomic E-state index is -0.562. The summed E-state index contributed by atoms with van der Waals surface area (Å²) in [6.45, 7) is 5.89. The van der Waals surface area contributed by atoms with Crippen LogP contribution in [0.1, 0.15) is 46.3 Å². The number of hydrogen-bond acceptors (Lipinski definition) is 6. The van der Waals surface area contributed by atoms with Gasteiger partial charge in [0, 0.05) is 49.3 Å². The lowest BCUT2D eigenvalue weighted by molar-refractivity contribution is 0.00692. The van der Waals surface area contributed by atoms with Crippen molar-refractivity contribution in [3.05, 3.63) is 51.6 Å². The van der Waals surface area contributed by atoms with Crippen molar-refractivity contribution in [3.8, 4) is 0 Å². The van der Waals surface area contributed by atoms with Gasteiger partial charge < -0.3 is 14.6 Å². The average Bonchev–Trinajstić information content (AvgIpc) is 3.26. The summed E-state index contributed by atoms with van der Waals surface area (Å²) in [7, 11) is 0. The standard InChI is InChI=1S/C22H23ClFN5O2/c1-12-20(23)13(2)27-22(26-12)28-9-7-14-10-29(17(14)11-28)21(30)15-4-3-5-16(24)19(15)18-6-8-25-31-18/h3-5,8,14,17-18H,6-7,9-11H2,1-2H3/t14-,17-,18?/m1/s1. The van der Waals surface area contributed by atoms with Crippen LogP contribution in [0.3, 0.4) is 0 Å². The number of halogens is 2. The highest BCUT2D eigenvalue weighted by Crippen LogP contribution is 2.37. The first-order chi connectivity index (χ1) is 14.9. The molecule has 0 spiro atoms. The third kappa shape index (κ3) is 3.43. The first-order valence-corrected chi connectivity index (χ1v) is 10.8. The van der Waals surface area contributed by atoms with Crippen LogP contribution in [0.4, 0.5) is 10.3 Å². The molecule has 1 aromatic carbocycles. The molecule has 0 saturated carbocycles. The van der Waals surface area contributed by atoms with Crippen LogP contribution in [-0.2, 0) is 4.84 Å². The quantitative estimate of drug-likeness (QED) is 0.723. The Morgan fingerprint density at radius 2 is 2.00 bits per heavy atom. The number of nitrogens with zero attached hydrogens (tertiary/aromatic N) is 5. The molecular formula is C22H23ClFN5O2. The predicted octanol–water partition coefficient (Wildman–Crippen LogP) is 3.68. The molecule has 3 atom stereocenters. The molecule has 9 heteroatoms. The number of piperidine rings is 1. The van der Waals surface area contributed by atoms with E-state index in [9.17, 15) is 9.18 Å². The number of aromatic nitrogens is 2. The Hall–Kier alpha value is -2.74. The van der Waals surface area contributed by atoms with Gasteiger partial charge in [-0.1, -0.05) is 22.8 Å². The fourth-order valence-corrected chi connectivity index (χ4v) is 4.80. The van der Waals surface area contributed by atoms with Gasteiger partial charge in [-0.3, -0.25) is 4.79 Å². The lowest BCUT2D eigenvalue weighted by Crippen LogP contribution is -2.66. The number of benzene rings is 1. The summed E-state index contributed by atoms with van der Waals surface area (Å²) in [4.78, 5) is 31.7. The van der Waals surface area contributed by atoms with Crippen LogP contribution in [0.5, 0.6) is 0 Å². The van der Waals surface area contributed by atoms with Gasteiger partial charge in [-0.25, -0.2) is 14.4 Å². The van der Waals surface area contributed by atoms with E-state index < -0.39 is 11.9 Å². The van der Waals surface area contributed by atoms with E-state index in [2.05, 4.69) is 20.0 Å². The van der Waals surface area contributed by atoms with Gasteiger partial charge in [0.15, 0.2) is 6.10 Å². The molecule has 2 saturated heterocycles. The minimum absolute atomic E-state index is 0.0398. The van der Waals surface area contributed by atoms with E-state index in [1.54, 1.807) is 18.3 Å². The maximum absolute atomic E-state index is 14.6. The van der Waals surface area contributed by atoms with E-state index in [-0.39, 0.29) is 17.5 Å². The van der Waals surface area contributed by atoms with Crippen molar-refractivity contribution in [1.29, 1.82) is 0 Å². The molecule has 1 unspecified atom stereocenters. The van der Waals surface area contributed by atoms with E-state index in [1.807, 2.05) is 18.7 Å². The number of carbonyl (C=O) groups is 1. The monoisotopic (exact) mass is 443 g/mol. The Kier molecular flexibility index (Phi) is 5.04. The van der Waals surface area contributed by atoms with Crippen LogP contribution in [0, 0.1) is 25.6 Å². The maximum Gasteiger partial charge on any atom is 0.254 e. The molecule has 1 aromatic heterocycles. The average molecular weight is 444 g/mol. The fourth-order valence-electron chi connectivity index (χ4n) is 4.71. The van der Waals surface area contributed by atoms with Gasteiger partial charge in [-0.15, -0.1) is 0 Å². The molecule has 1 amide bonds. The summed E-state index contributed by atoms with van der Waals surface area (Å²) >= 11 is 6.22. The number of aryl methyl sites for hydroxylation is 2. The van der Waals surface area contributed by atoms with Gasteiger partial charge in [-0.05, 0) is 32.4 Å². The minimum Gasteiger partial charge on any atom is -0.387 e. The zero-order valence-electron chi connectivity index (χ0n) is 17.4. The number of amides is 1. The number of anilines is 1.